The van der Waals surface area contributed by atoms with Crippen LogP contribution in [-0.2, 0) is 6.54 Å². The molecule has 1 fully saturated rings. The van der Waals surface area contributed by atoms with Crippen molar-refractivity contribution >= 4 is 51.6 Å². The van der Waals surface area contributed by atoms with Gasteiger partial charge in [0.25, 0.3) is 0 Å². The van der Waals surface area contributed by atoms with Crippen LogP contribution in [0.1, 0.15) is 5.56 Å². The Morgan fingerprint density at radius 1 is 0.939 bits per heavy atom. The fraction of sp³-hybridized carbons (Fsp3) is 0.208. The van der Waals surface area contributed by atoms with Gasteiger partial charge in [-0.1, -0.05) is 23.2 Å². The summed E-state index contributed by atoms with van der Waals surface area (Å²) in [4.78, 5) is 18.2. The third-order valence-corrected chi connectivity index (χ3v) is 6.21. The summed E-state index contributed by atoms with van der Waals surface area (Å²) >= 11 is 12.5. The van der Waals surface area contributed by atoms with E-state index < -0.39 is 0 Å². The van der Waals surface area contributed by atoms with E-state index in [1.807, 2.05) is 24.3 Å². The van der Waals surface area contributed by atoms with Crippen molar-refractivity contribution in [1.29, 1.82) is 0 Å². The molecule has 1 N–H and O–H groups in total. The number of nitrogens with one attached hydrogen (secondary N) is 1. The summed E-state index contributed by atoms with van der Waals surface area (Å²) in [6, 6.07) is 13.8. The molecule has 0 bridgehead atoms. The van der Waals surface area contributed by atoms with E-state index in [4.69, 9.17) is 33.2 Å². The van der Waals surface area contributed by atoms with Crippen molar-refractivity contribution in [2.24, 2.45) is 0 Å². The number of anilines is 3. The molecule has 5 rings (SSSR count). The lowest BCUT2D eigenvalue weighted by Gasteiger charge is -2.36. The Labute approximate surface area is 201 Å². The molecule has 168 valence electrons. The number of aromatic nitrogens is 3. The van der Waals surface area contributed by atoms with Crippen LogP contribution in [0.25, 0.3) is 11.0 Å². The molecule has 1 aliphatic heterocycles. The largest absolute Gasteiger partial charge is 0.351 e. The Morgan fingerprint density at radius 2 is 1.79 bits per heavy atom. The number of halogens is 3. The fourth-order valence-electron chi connectivity index (χ4n) is 3.92. The molecular formula is C24H21Cl2FN6. The van der Waals surface area contributed by atoms with Gasteiger partial charge >= 0.3 is 0 Å². The Morgan fingerprint density at radius 3 is 2.58 bits per heavy atom. The Kier molecular flexibility index (Phi) is 6.26. The second-order valence-corrected chi connectivity index (χ2v) is 8.74. The molecule has 0 aliphatic carbocycles. The first-order valence-corrected chi connectivity index (χ1v) is 11.4. The number of hydrogen-bond acceptors (Lipinski definition) is 6. The van der Waals surface area contributed by atoms with Crippen molar-refractivity contribution < 1.29 is 4.39 Å². The van der Waals surface area contributed by atoms with Crippen LogP contribution in [0.5, 0.6) is 0 Å². The normalized spacial score (nSPS) is 14.6. The molecule has 3 heterocycles. The number of hydrogen-bond donors (Lipinski definition) is 1. The monoisotopic (exact) mass is 482 g/mol. The molecule has 0 saturated carbocycles. The summed E-state index contributed by atoms with van der Waals surface area (Å²) in [5.74, 6) is 0.977. The SMILES string of the molecule is Fc1ccc2nc(Nc3cccnc3)c(N3CCN(Cc4cc(Cl)ccc4Cl)CC3)nc2c1. The van der Waals surface area contributed by atoms with Crippen LogP contribution in [-0.4, -0.2) is 46.0 Å². The minimum atomic E-state index is -0.334. The third kappa shape index (κ3) is 5.00. The zero-order valence-electron chi connectivity index (χ0n) is 17.7. The molecule has 4 aromatic rings. The van der Waals surface area contributed by atoms with Gasteiger partial charge in [-0.05, 0) is 48.0 Å². The van der Waals surface area contributed by atoms with Crippen LogP contribution in [0.15, 0.2) is 60.9 Å². The van der Waals surface area contributed by atoms with Gasteiger partial charge in [0.15, 0.2) is 11.6 Å². The predicted molar refractivity (Wildman–Crippen MR) is 131 cm³/mol. The zero-order chi connectivity index (χ0) is 22.8. The lowest BCUT2D eigenvalue weighted by Crippen LogP contribution is -2.46. The second kappa shape index (κ2) is 9.47. The highest BCUT2D eigenvalue weighted by atomic mass is 35.5. The van der Waals surface area contributed by atoms with Crippen LogP contribution in [0.3, 0.4) is 0 Å². The molecule has 33 heavy (non-hydrogen) atoms. The Hall–Kier alpha value is -3.00. The lowest BCUT2D eigenvalue weighted by atomic mass is 10.2. The summed E-state index contributed by atoms with van der Waals surface area (Å²) in [7, 11) is 0. The molecule has 0 unspecified atom stereocenters. The van der Waals surface area contributed by atoms with E-state index >= 15 is 0 Å². The van der Waals surface area contributed by atoms with Gasteiger partial charge in [0, 0.05) is 55.0 Å². The molecule has 0 atom stereocenters. The second-order valence-electron chi connectivity index (χ2n) is 7.89. The molecule has 0 spiro atoms. The minimum Gasteiger partial charge on any atom is -0.351 e. The minimum absolute atomic E-state index is 0.334. The summed E-state index contributed by atoms with van der Waals surface area (Å²) in [5.41, 5.74) is 2.97. The Bertz CT molecular complexity index is 1280. The summed E-state index contributed by atoms with van der Waals surface area (Å²) in [5, 5.41) is 4.72. The molecule has 0 radical (unpaired) electrons. The maximum atomic E-state index is 13.8. The number of nitrogens with zero attached hydrogens (tertiary/aromatic N) is 5. The van der Waals surface area contributed by atoms with Gasteiger partial charge in [0.2, 0.25) is 0 Å². The van der Waals surface area contributed by atoms with E-state index in [1.54, 1.807) is 24.5 Å². The number of fused-ring (bicyclic) bond motifs is 1. The molecule has 6 nitrogen and oxygen atoms in total. The zero-order valence-corrected chi connectivity index (χ0v) is 19.2. The number of piperazine rings is 1. The van der Waals surface area contributed by atoms with Gasteiger partial charge in [-0.15, -0.1) is 0 Å². The molecule has 0 amide bonds. The predicted octanol–water partition coefficient (Wildman–Crippen LogP) is 5.54. The van der Waals surface area contributed by atoms with Crippen LogP contribution in [0.4, 0.5) is 21.7 Å². The highest BCUT2D eigenvalue weighted by molar-refractivity contribution is 6.33. The summed E-state index contributed by atoms with van der Waals surface area (Å²) in [6.07, 6.45) is 3.44. The third-order valence-electron chi connectivity index (χ3n) is 5.61. The molecule has 1 aliphatic rings. The van der Waals surface area contributed by atoms with Crippen molar-refractivity contribution in [3.8, 4) is 0 Å². The molecule has 1 saturated heterocycles. The van der Waals surface area contributed by atoms with Crippen LogP contribution in [0, 0.1) is 5.82 Å². The lowest BCUT2D eigenvalue weighted by molar-refractivity contribution is 0.249. The van der Waals surface area contributed by atoms with Gasteiger partial charge in [0.1, 0.15) is 5.82 Å². The maximum Gasteiger partial charge on any atom is 0.174 e. The first kappa shape index (κ1) is 21.8. The van der Waals surface area contributed by atoms with E-state index in [0.717, 1.165) is 44.0 Å². The number of benzene rings is 2. The van der Waals surface area contributed by atoms with E-state index in [9.17, 15) is 4.39 Å². The highest BCUT2D eigenvalue weighted by Gasteiger charge is 2.23. The summed E-state index contributed by atoms with van der Waals surface area (Å²) < 4.78 is 13.8. The van der Waals surface area contributed by atoms with E-state index in [1.165, 1.54) is 12.1 Å². The summed E-state index contributed by atoms with van der Waals surface area (Å²) in [6.45, 7) is 3.85. The van der Waals surface area contributed by atoms with E-state index in [-0.39, 0.29) is 5.82 Å². The smallest absolute Gasteiger partial charge is 0.174 e. The molecule has 9 heteroatoms. The van der Waals surface area contributed by atoms with Gasteiger partial charge in [-0.2, -0.15) is 0 Å². The van der Waals surface area contributed by atoms with Crippen molar-refractivity contribution in [3.63, 3.8) is 0 Å². The number of pyridine rings is 1. The van der Waals surface area contributed by atoms with Gasteiger partial charge in [0.05, 0.1) is 22.9 Å². The van der Waals surface area contributed by atoms with Gasteiger partial charge in [-0.25, -0.2) is 14.4 Å². The fourth-order valence-corrected chi connectivity index (χ4v) is 4.29. The molecule has 2 aromatic heterocycles. The van der Waals surface area contributed by atoms with E-state index in [0.29, 0.717) is 32.7 Å². The maximum absolute atomic E-state index is 13.8. The quantitative estimate of drug-likeness (QED) is 0.403. The standard InChI is InChI=1S/C24H21Cl2FN6/c25-17-3-5-20(26)16(12-17)15-32-8-10-33(11-9-32)24-23(29-19-2-1-7-28-14-19)30-21-6-4-18(27)13-22(21)31-24/h1-7,12-14H,8-11,15H2,(H,29,30). The first-order chi connectivity index (χ1) is 16.0. The van der Waals surface area contributed by atoms with Gasteiger partial charge in [-0.3, -0.25) is 9.88 Å². The van der Waals surface area contributed by atoms with Crippen LogP contribution < -0.4 is 10.2 Å². The Balaban J connectivity index is 1.39. The molecular weight excluding hydrogens is 462 g/mol. The average molecular weight is 483 g/mol. The van der Waals surface area contributed by atoms with Crippen molar-refractivity contribution in [2.75, 3.05) is 36.4 Å². The van der Waals surface area contributed by atoms with Crippen molar-refractivity contribution in [1.82, 2.24) is 19.9 Å². The first-order valence-electron chi connectivity index (χ1n) is 10.6. The topological polar surface area (TPSA) is 57.2 Å². The van der Waals surface area contributed by atoms with E-state index in [2.05, 4.69) is 20.1 Å². The van der Waals surface area contributed by atoms with Crippen molar-refractivity contribution in [3.05, 3.63) is 82.4 Å². The van der Waals surface area contributed by atoms with Crippen LogP contribution in [0.2, 0.25) is 10.0 Å². The van der Waals surface area contributed by atoms with Crippen molar-refractivity contribution in [2.45, 2.75) is 6.54 Å². The van der Waals surface area contributed by atoms with Gasteiger partial charge < -0.3 is 10.2 Å². The van der Waals surface area contributed by atoms with Crippen LogP contribution >= 0.6 is 23.2 Å². The average Bonchev–Trinajstić information content (AvgIpc) is 2.82. The number of rotatable bonds is 5. The molecule has 2 aromatic carbocycles. The highest BCUT2D eigenvalue weighted by Crippen LogP contribution is 2.29.